The number of amides is 1. The number of halogens is 3. The summed E-state index contributed by atoms with van der Waals surface area (Å²) in [5.74, 6) is -0.545. The Hall–Kier alpha value is -2.15. The van der Waals surface area contributed by atoms with E-state index in [0.29, 0.717) is 5.52 Å². The topological polar surface area (TPSA) is 53.4 Å². The van der Waals surface area contributed by atoms with Gasteiger partial charge in [-0.3, -0.25) is 9.78 Å². The smallest absolute Gasteiger partial charge is 0.379 e. The fourth-order valence-corrected chi connectivity index (χ4v) is 2.89. The molecule has 1 aromatic heterocycles. The molecule has 23 heavy (non-hydrogen) atoms. The molecule has 3 rings (SSSR count). The molecule has 1 atom stereocenters. The third-order valence-corrected chi connectivity index (χ3v) is 4.15. The summed E-state index contributed by atoms with van der Waals surface area (Å²) in [5, 5.41) is 10.6. The van der Waals surface area contributed by atoms with Gasteiger partial charge < -0.3 is 10.0 Å². The highest BCUT2D eigenvalue weighted by Crippen LogP contribution is 2.37. The summed E-state index contributed by atoms with van der Waals surface area (Å²) in [6.45, 7) is -0.570. The largest absolute Gasteiger partial charge is 0.418 e. The van der Waals surface area contributed by atoms with E-state index in [9.17, 15) is 23.1 Å². The summed E-state index contributed by atoms with van der Waals surface area (Å²) in [4.78, 5) is 17.8. The zero-order valence-electron chi connectivity index (χ0n) is 12.2. The summed E-state index contributed by atoms with van der Waals surface area (Å²) in [6.07, 6.45) is -3.53. The number of hydrogen-bond donors (Lipinski definition) is 1. The molecule has 1 fully saturated rings. The molecule has 0 radical (unpaired) electrons. The van der Waals surface area contributed by atoms with Crippen LogP contribution in [0.3, 0.4) is 0 Å². The van der Waals surface area contributed by atoms with Gasteiger partial charge in [-0.05, 0) is 25.0 Å². The minimum absolute atomic E-state index is 0.0972. The molecule has 0 saturated carbocycles. The van der Waals surface area contributed by atoms with Crippen molar-refractivity contribution in [3.63, 3.8) is 0 Å². The first-order valence-corrected chi connectivity index (χ1v) is 7.24. The van der Waals surface area contributed by atoms with Crippen LogP contribution in [0.2, 0.25) is 0 Å². The Bertz CT molecular complexity index is 742. The van der Waals surface area contributed by atoms with Crippen LogP contribution in [0.25, 0.3) is 10.9 Å². The quantitative estimate of drug-likeness (QED) is 0.877. The number of fused-ring (bicyclic) bond motifs is 1. The lowest BCUT2D eigenvalue weighted by atomic mass is 9.91. The molecule has 1 N–H and O–H groups in total. The number of pyridine rings is 1. The first kappa shape index (κ1) is 15.7. The molecule has 0 bridgehead atoms. The van der Waals surface area contributed by atoms with Crippen molar-refractivity contribution in [2.24, 2.45) is 0 Å². The predicted octanol–water partition coefficient (Wildman–Crippen LogP) is 2.76. The Morgan fingerprint density at radius 2 is 2.00 bits per heavy atom. The molecule has 1 aliphatic rings. The van der Waals surface area contributed by atoms with Gasteiger partial charge >= 0.3 is 6.18 Å². The third kappa shape index (κ3) is 2.76. The third-order valence-electron chi connectivity index (χ3n) is 4.15. The number of aromatic nitrogens is 1. The highest BCUT2D eigenvalue weighted by Gasteiger charge is 2.56. The number of carbonyl (C=O) groups is 1. The molecule has 2 aromatic rings. The van der Waals surface area contributed by atoms with E-state index in [2.05, 4.69) is 4.98 Å². The Labute approximate surface area is 130 Å². The number of β-amino-alcohol motifs (C(OH)–C–C–N with tert-alkyl or cyclic N) is 1. The van der Waals surface area contributed by atoms with Gasteiger partial charge in [-0.25, -0.2) is 0 Å². The van der Waals surface area contributed by atoms with Gasteiger partial charge in [0.25, 0.3) is 5.91 Å². The van der Waals surface area contributed by atoms with Crippen molar-refractivity contribution >= 4 is 16.8 Å². The Kier molecular flexibility index (Phi) is 3.75. The number of rotatable bonds is 1. The van der Waals surface area contributed by atoms with Crippen molar-refractivity contribution in [3.05, 3.63) is 42.1 Å². The molecule has 7 heteroatoms. The number of para-hydroxylation sites is 1. The lowest BCUT2D eigenvalue weighted by Gasteiger charge is -2.40. The van der Waals surface area contributed by atoms with E-state index in [1.165, 1.54) is 6.20 Å². The number of likely N-dealkylation sites (tertiary alicyclic amines) is 1. The maximum atomic E-state index is 13.0. The van der Waals surface area contributed by atoms with Gasteiger partial charge in [0, 0.05) is 18.1 Å². The number of nitrogens with zero attached hydrogens (tertiary/aromatic N) is 2. The van der Waals surface area contributed by atoms with Crippen molar-refractivity contribution in [3.8, 4) is 0 Å². The van der Waals surface area contributed by atoms with Crippen LogP contribution < -0.4 is 0 Å². The molecular weight excluding hydrogens is 309 g/mol. The van der Waals surface area contributed by atoms with Crippen LogP contribution in [0.5, 0.6) is 0 Å². The summed E-state index contributed by atoms with van der Waals surface area (Å²) >= 11 is 0. The summed E-state index contributed by atoms with van der Waals surface area (Å²) < 4.78 is 39.1. The second kappa shape index (κ2) is 5.49. The molecule has 1 amide bonds. The van der Waals surface area contributed by atoms with Gasteiger partial charge in [-0.1, -0.05) is 18.2 Å². The first-order valence-electron chi connectivity index (χ1n) is 7.24. The summed E-state index contributed by atoms with van der Waals surface area (Å²) in [6, 6.07) is 8.48. The normalized spacial score (nSPS) is 22.3. The van der Waals surface area contributed by atoms with Crippen LogP contribution in [-0.4, -0.2) is 45.8 Å². The molecule has 4 nitrogen and oxygen atoms in total. The summed E-state index contributed by atoms with van der Waals surface area (Å²) in [7, 11) is 0. The fourth-order valence-electron chi connectivity index (χ4n) is 2.89. The Morgan fingerprint density at radius 3 is 2.74 bits per heavy atom. The average molecular weight is 324 g/mol. The number of benzene rings is 1. The maximum Gasteiger partial charge on any atom is 0.418 e. The second-order valence-corrected chi connectivity index (χ2v) is 5.74. The van der Waals surface area contributed by atoms with E-state index in [1.807, 2.05) is 0 Å². The predicted molar refractivity (Wildman–Crippen MR) is 77.9 cm³/mol. The number of aliphatic hydroxyl groups is 1. The van der Waals surface area contributed by atoms with Gasteiger partial charge in [0.15, 0.2) is 5.60 Å². The standard InChI is InChI=1S/C16H15F3N2O2/c17-16(18,19)15(23)7-3-9-21(10-15)14(22)12-6-1-4-11-5-2-8-20-13(11)12/h1-2,4-6,8,23H,3,7,9-10H2. The van der Waals surface area contributed by atoms with Gasteiger partial charge in [0.1, 0.15) is 0 Å². The van der Waals surface area contributed by atoms with E-state index >= 15 is 0 Å². The van der Waals surface area contributed by atoms with Crippen molar-refractivity contribution in [1.29, 1.82) is 0 Å². The Morgan fingerprint density at radius 1 is 1.26 bits per heavy atom. The lowest BCUT2D eigenvalue weighted by Crippen LogP contribution is -2.58. The molecule has 1 unspecified atom stereocenters. The number of hydrogen-bond acceptors (Lipinski definition) is 3. The second-order valence-electron chi connectivity index (χ2n) is 5.74. The van der Waals surface area contributed by atoms with Gasteiger partial charge in [0.2, 0.25) is 0 Å². The van der Waals surface area contributed by atoms with E-state index in [0.717, 1.165) is 10.3 Å². The Balaban J connectivity index is 1.94. The monoisotopic (exact) mass is 324 g/mol. The van der Waals surface area contributed by atoms with Crippen molar-refractivity contribution < 1.29 is 23.1 Å². The fraction of sp³-hybridized carbons (Fsp3) is 0.375. The molecule has 1 aliphatic heterocycles. The number of piperidine rings is 1. The molecule has 0 spiro atoms. The molecule has 0 aliphatic carbocycles. The van der Waals surface area contributed by atoms with Crippen LogP contribution in [0.1, 0.15) is 23.2 Å². The number of carbonyl (C=O) groups excluding carboxylic acids is 1. The van der Waals surface area contributed by atoms with Crippen LogP contribution in [0, 0.1) is 0 Å². The molecular formula is C16H15F3N2O2. The van der Waals surface area contributed by atoms with E-state index in [-0.39, 0.29) is 18.5 Å². The lowest BCUT2D eigenvalue weighted by molar-refractivity contribution is -0.271. The zero-order valence-corrected chi connectivity index (χ0v) is 12.2. The highest BCUT2D eigenvalue weighted by molar-refractivity contribution is 6.05. The SMILES string of the molecule is O=C(c1cccc2cccnc12)N1CCCC(O)(C(F)(F)F)C1. The first-order chi connectivity index (χ1) is 10.8. The van der Waals surface area contributed by atoms with Crippen molar-refractivity contribution in [2.45, 2.75) is 24.6 Å². The summed E-state index contributed by atoms with van der Waals surface area (Å²) in [5.41, 5.74) is -2.16. The van der Waals surface area contributed by atoms with E-state index in [1.54, 1.807) is 30.3 Å². The minimum atomic E-state index is -4.76. The highest BCUT2D eigenvalue weighted by atomic mass is 19.4. The maximum absolute atomic E-state index is 13.0. The van der Waals surface area contributed by atoms with Gasteiger partial charge in [0.05, 0.1) is 17.6 Å². The van der Waals surface area contributed by atoms with E-state index in [4.69, 9.17) is 0 Å². The number of alkyl halides is 3. The molecule has 122 valence electrons. The van der Waals surface area contributed by atoms with Crippen molar-refractivity contribution in [1.82, 2.24) is 9.88 Å². The molecule has 2 heterocycles. The van der Waals surface area contributed by atoms with E-state index < -0.39 is 30.7 Å². The van der Waals surface area contributed by atoms with Crippen LogP contribution >= 0.6 is 0 Å². The van der Waals surface area contributed by atoms with Crippen LogP contribution in [-0.2, 0) is 0 Å². The minimum Gasteiger partial charge on any atom is -0.379 e. The zero-order chi connectivity index (χ0) is 16.7. The van der Waals surface area contributed by atoms with Crippen LogP contribution in [0.15, 0.2) is 36.5 Å². The van der Waals surface area contributed by atoms with Crippen LogP contribution in [0.4, 0.5) is 13.2 Å². The van der Waals surface area contributed by atoms with Gasteiger partial charge in [-0.2, -0.15) is 13.2 Å². The van der Waals surface area contributed by atoms with Gasteiger partial charge in [-0.15, -0.1) is 0 Å². The molecule has 1 saturated heterocycles. The average Bonchev–Trinajstić information content (AvgIpc) is 2.52. The van der Waals surface area contributed by atoms with Crippen molar-refractivity contribution in [2.75, 3.05) is 13.1 Å². The molecule has 1 aromatic carbocycles.